The summed E-state index contributed by atoms with van der Waals surface area (Å²) >= 11 is 0. The van der Waals surface area contributed by atoms with Gasteiger partial charge in [-0.1, -0.05) is 12.1 Å². The number of aromatic nitrogens is 1. The quantitative estimate of drug-likeness (QED) is 0.398. The van der Waals surface area contributed by atoms with Gasteiger partial charge >= 0.3 is 12.4 Å². The Labute approximate surface area is 230 Å². The van der Waals surface area contributed by atoms with Crippen molar-refractivity contribution in [3.8, 4) is 17.0 Å². The summed E-state index contributed by atoms with van der Waals surface area (Å²) in [7, 11) is -4.70. The fraction of sp³-hybridized carbons (Fsp3) is 0.308. The Balaban J connectivity index is 1.79. The molecule has 0 radical (unpaired) electrons. The van der Waals surface area contributed by atoms with Crippen LogP contribution >= 0.6 is 0 Å². The normalized spacial score (nSPS) is 16.1. The van der Waals surface area contributed by atoms with E-state index in [1.165, 1.54) is 38.1 Å². The van der Waals surface area contributed by atoms with Crippen LogP contribution in [0.15, 0.2) is 65.6 Å². The predicted molar refractivity (Wildman–Crippen MR) is 134 cm³/mol. The molecule has 1 aliphatic heterocycles. The number of halogens is 6. The first-order chi connectivity index (χ1) is 18.9. The highest BCUT2D eigenvalue weighted by molar-refractivity contribution is 7.92. The fourth-order valence-electron chi connectivity index (χ4n) is 3.94. The van der Waals surface area contributed by atoms with Gasteiger partial charge in [0, 0.05) is 5.56 Å². The van der Waals surface area contributed by atoms with Crippen molar-refractivity contribution in [2.45, 2.75) is 42.8 Å². The Morgan fingerprint density at radius 3 is 2.34 bits per heavy atom. The molecule has 0 saturated carbocycles. The van der Waals surface area contributed by atoms with E-state index in [0.29, 0.717) is 12.1 Å². The van der Waals surface area contributed by atoms with Gasteiger partial charge in [0.05, 0.1) is 34.9 Å². The van der Waals surface area contributed by atoms with Gasteiger partial charge in [0.15, 0.2) is 0 Å². The topological polar surface area (TPSA) is 109 Å². The van der Waals surface area contributed by atoms with Gasteiger partial charge in [-0.25, -0.2) is 13.4 Å². The summed E-state index contributed by atoms with van der Waals surface area (Å²) < 4.78 is 114. The van der Waals surface area contributed by atoms with Crippen LogP contribution in [0.25, 0.3) is 11.3 Å². The highest BCUT2D eigenvalue weighted by Gasteiger charge is 2.38. The lowest BCUT2D eigenvalue weighted by atomic mass is 10.1. The number of benzene rings is 2. The Bertz CT molecular complexity index is 1570. The number of hydrogen-bond acceptors (Lipinski definition) is 6. The van der Waals surface area contributed by atoms with E-state index in [0.717, 1.165) is 28.6 Å². The molecule has 1 amide bonds. The largest absolute Gasteiger partial charge is 0.484 e. The van der Waals surface area contributed by atoms with E-state index in [1.807, 2.05) is 0 Å². The van der Waals surface area contributed by atoms with Crippen molar-refractivity contribution < 1.29 is 49.4 Å². The second-order valence-corrected chi connectivity index (χ2v) is 11.5. The summed E-state index contributed by atoms with van der Waals surface area (Å²) in [5.74, 6) is -0.852. The smallest absolute Gasteiger partial charge is 0.433 e. The number of fused-ring (bicyclic) bond motifs is 1. The van der Waals surface area contributed by atoms with Crippen LogP contribution in [-0.2, 0) is 27.2 Å². The molecule has 2 heterocycles. The summed E-state index contributed by atoms with van der Waals surface area (Å²) in [4.78, 5) is 15.1. The standard InChI is InChI=1S/C26H23F6N3O5S/c1-24(2,37)23(36)33-13-17-14-35(41(38,39)18-6-3-5-16(12-18)25(27,28)29)20-11-15(9-10-21(20)40-17)19-7-4-8-22(34-19)26(30,31)32/h3-12,17,37H,13-14H2,1-2H3,(H,33,36)/t17-/m0/s1. The van der Waals surface area contributed by atoms with Crippen molar-refractivity contribution in [2.24, 2.45) is 0 Å². The van der Waals surface area contributed by atoms with Crippen LogP contribution in [-0.4, -0.2) is 49.2 Å². The van der Waals surface area contributed by atoms with E-state index < -0.39 is 62.7 Å². The van der Waals surface area contributed by atoms with E-state index in [2.05, 4.69) is 10.3 Å². The van der Waals surface area contributed by atoms with Gasteiger partial charge in [-0.3, -0.25) is 9.10 Å². The molecule has 15 heteroatoms. The van der Waals surface area contributed by atoms with Crippen LogP contribution in [0, 0.1) is 0 Å². The molecule has 2 N–H and O–H groups in total. The molecule has 8 nitrogen and oxygen atoms in total. The Hall–Kier alpha value is -3.85. The average Bonchev–Trinajstić information content (AvgIpc) is 2.89. The Morgan fingerprint density at radius 2 is 1.71 bits per heavy atom. The molecule has 0 spiro atoms. The van der Waals surface area contributed by atoms with Gasteiger partial charge in [0.2, 0.25) is 0 Å². The molecule has 1 aliphatic rings. The summed E-state index contributed by atoms with van der Waals surface area (Å²) in [6.45, 7) is 1.69. The third-order valence-corrected chi connectivity index (χ3v) is 7.80. The SMILES string of the molecule is CC(C)(O)C(=O)NC[C@H]1CN(S(=O)(=O)c2cccc(C(F)(F)F)c2)c2cc(-c3cccc(C(F)(F)F)n3)ccc2O1. The molecule has 220 valence electrons. The van der Waals surface area contributed by atoms with Crippen LogP contribution < -0.4 is 14.4 Å². The van der Waals surface area contributed by atoms with Gasteiger partial charge in [-0.15, -0.1) is 0 Å². The molecule has 0 bridgehead atoms. The van der Waals surface area contributed by atoms with E-state index in [9.17, 15) is 44.7 Å². The highest BCUT2D eigenvalue weighted by atomic mass is 32.2. The maximum Gasteiger partial charge on any atom is 0.433 e. The van der Waals surface area contributed by atoms with E-state index >= 15 is 0 Å². The number of nitrogens with one attached hydrogen (secondary N) is 1. The molecule has 1 aromatic heterocycles. The molecule has 0 saturated heterocycles. The van der Waals surface area contributed by atoms with Crippen LogP contribution in [0.4, 0.5) is 32.0 Å². The fourth-order valence-corrected chi connectivity index (χ4v) is 5.49. The number of anilines is 1. The number of aliphatic hydroxyl groups is 1. The second kappa shape index (κ2) is 10.5. The van der Waals surface area contributed by atoms with Crippen molar-refractivity contribution in [1.82, 2.24) is 10.3 Å². The molecule has 1 atom stereocenters. The molecular formula is C26H23F6N3O5S. The second-order valence-electron chi connectivity index (χ2n) is 9.66. The minimum absolute atomic E-state index is 0.0648. The first kappa shape index (κ1) is 30.1. The summed E-state index contributed by atoms with van der Waals surface area (Å²) in [5.41, 5.74) is -4.37. The number of hydrogen-bond donors (Lipinski definition) is 2. The number of amides is 1. The Morgan fingerprint density at radius 1 is 1.02 bits per heavy atom. The lowest BCUT2D eigenvalue weighted by molar-refractivity contribution is -0.141. The van der Waals surface area contributed by atoms with Crippen LogP contribution in [0.5, 0.6) is 5.75 Å². The predicted octanol–water partition coefficient (Wildman–Crippen LogP) is 4.63. The number of rotatable bonds is 6. The number of carbonyl (C=O) groups excluding carboxylic acids is 1. The van der Waals surface area contributed by atoms with Gasteiger partial charge in [-0.2, -0.15) is 26.3 Å². The third kappa shape index (κ3) is 6.56. The first-order valence-electron chi connectivity index (χ1n) is 11.9. The zero-order valence-corrected chi connectivity index (χ0v) is 22.2. The zero-order valence-electron chi connectivity index (χ0n) is 21.4. The van der Waals surface area contributed by atoms with Crippen molar-refractivity contribution in [3.05, 3.63) is 71.9 Å². The van der Waals surface area contributed by atoms with E-state index in [4.69, 9.17) is 4.74 Å². The average molecular weight is 604 g/mol. The summed E-state index contributed by atoms with van der Waals surface area (Å²) in [6, 6.07) is 10.1. The molecule has 0 fully saturated rings. The number of sulfonamides is 1. The van der Waals surface area contributed by atoms with Crippen LogP contribution in [0.3, 0.4) is 0 Å². The van der Waals surface area contributed by atoms with Gasteiger partial charge in [0.1, 0.15) is 23.1 Å². The molecule has 3 aromatic rings. The molecule has 0 unspecified atom stereocenters. The van der Waals surface area contributed by atoms with Gasteiger partial charge in [-0.05, 0) is 62.4 Å². The minimum atomic E-state index is -4.83. The Kier molecular flexibility index (Phi) is 7.73. The molecule has 41 heavy (non-hydrogen) atoms. The van der Waals surface area contributed by atoms with Gasteiger partial charge in [0.25, 0.3) is 15.9 Å². The van der Waals surface area contributed by atoms with Crippen molar-refractivity contribution >= 4 is 21.6 Å². The van der Waals surface area contributed by atoms with E-state index in [-0.39, 0.29) is 29.2 Å². The van der Waals surface area contributed by atoms with Crippen LogP contribution in [0.1, 0.15) is 25.1 Å². The molecule has 4 rings (SSSR count). The van der Waals surface area contributed by atoms with Gasteiger partial charge < -0.3 is 15.2 Å². The number of nitrogens with zero attached hydrogens (tertiary/aromatic N) is 2. The molecule has 0 aliphatic carbocycles. The van der Waals surface area contributed by atoms with Crippen molar-refractivity contribution in [2.75, 3.05) is 17.4 Å². The lowest BCUT2D eigenvalue weighted by Crippen LogP contribution is -2.51. The van der Waals surface area contributed by atoms with Crippen molar-refractivity contribution in [3.63, 3.8) is 0 Å². The number of carbonyl (C=O) groups is 1. The summed E-state index contributed by atoms with van der Waals surface area (Å²) in [5, 5.41) is 12.3. The molecule has 2 aromatic carbocycles. The van der Waals surface area contributed by atoms with Crippen molar-refractivity contribution in [1.29, 1.82) is 0 Å². The molecular weight excluding hydrogens is 580 g/mol. The maximum atomic E-state index is 13.7. The zero-order chi connectivity index (χ0) is 30.4. The highest BCUT2D eigenvalue weighted by Crippen LogP contribution is 2.41. The maximum absolute atomic E-state index is 13.7. The lowest BCUT2D eigenvalue weighted by Gasteiger charge is -2.36. The number of ether oxygens (including phenoxy) is 1. The van der Waals surface area contributed by atoms with E-state index in [1.54, 1.807) is 0 Å². The first-order valence-corrected chi connectivity index (χ1v) is 13.4. The minimum Gasteiger partial charge on any atom is -0.484 e. The number of pyridine rings is 1. The summed E-state index contributed by atoms with van der Waals surface area (Å²) in [6.07, 6.45) is -10.6. The number of alkyl halides is 6. The van der Waals surface area contributed by atoms with Crippen LogP contribution in [0.2, 0.25) is 0 Å². The third-order valence-electron chi connectivity index (χ3n) is 6.02. The monoisotopic (exact) mass is 603 g/mol.